The van der Waals surface area contributed by atoms with Gasteiger partial charge in [-0.2, -0.15) is 0 Å². The van der Waals surface area contributed by atoms with E-state index in [2.05, 4.69) is 5.32 Å². The van der Waals surface area contributed by atoms with Gasteiger partial charge in [0.15, 0.2) is 0 Å². The fourth-order valence-electron chi connectivity index (χ4n) is 2.16. The molecule has 0 saturated carbocycles. The highest BCUT2D eigenvalue weighted by molar-refractivity contribution is 5.57. The van der Waals surface area contributed by atoms with Gasteiger partial charge in [-0.3, -0.25) is 10.1 Å². The average molecular weight is 286 g/mol. The number of aliphatic hydroxyl groups is 1. The number of nitro groups is 1. The zero-order valence-corrected chi connectivity index (χ0v) is 11.8. The van der Waals surface area contributed by atoms with Crippen LogP contribution in [0.25, 0.3) is 0 Å². The van der Waals surface area contributed by atoms with Crippen LogP contribution >= 0.6 is 0 Å². The minimum Gasteiger partial charge on any atom is -0.394 e. The molecule has 0 aliphatic carbocycles. The predicted molar refractivity (Wildman–Crippen MR) is 82.5 cm³/mol. The van der Waals surface area contributed by atoms with Crippen LogP contribution in [0.1, 0.15) is 11.1 Å². The maximum absolute atomic E-state index is 10.8. The number of nitrogens with one attached hydrogen (secondary N) is 1. The van der Waals surface area contributed by atoms with Gasteiger partial charge in [0.05, 0.1) is 17.6 Å². The van der Waals surface area contributed by atoms with Gasteiger partial charge in [0.25, 0.3) is 5.69 Å². The first-order chi connectivity index (χ1) is 10.1. The molecule has 2 N–H and O–H groups in total. The summed E-state index contributed by atoms with van der Waals surface area (Å²) in [6, 6.07) is 14.3. The second-order valence-electron chi connectivity index (χ2n) is 4.97. The van der Waals surface area contributed by atoms with Gasteiger partial charge in [-0.15, -0.1) is 0 Å². The number of hydrogen-bond acceptors (Lipinski definition) is 4. The topological polar surface area (TPSA) is 75.4 Å². The summed E-state index contributed by atoms with van der Waals surface area (Å²) in [7, 11) is 0. The molecule has 0 fully saturated rings. The first-order valence-corrected chi connectivity index (χ1v) is 6.76. The molecule has 0 radical (unpaired) electrons. The zero-order chi connectivity index (χ0) is 15.2. The molecule has 2 rings (SSSR count). The molecular formula is C16H18N2O3. The van der Waals surface area contributed by atoms with Crippen molar-refractivity contribution in [1.82, 2.24) is 0 Å². The summed E-state index contributed by atoms with van der Waals surface area (Å²) in [6.07, 6.45) is 0.652. The summed E-state index contributed by atoms with van der Waals surface area (Å²) in [5, 5.41) is 23.5. The standard InChI is InChI=1S/C16H18N2O3/c1-12-7-8-15(18(20)21)10-16(12)17-14(11-19)9-13-5-3-2-4-6-13/h2-8,10,14,17,19H,9,11H2,1H3. The van der Waals surface area contributed by atoms with E-state index < -0.39 is 4.92 Å². The lowest BCUT2D eigenvalue weighted by Crippen LogP contribution is -2.26. The van der Waals surface area contributed by atoms with Crippen molar-refractivity contribution in [3.8, 4) is 0 Å². The number of aliphatic hydroxyl groups excluding tert-OH is 1. The fraction of sp³-hybridized carbons (Fsp3) is 0.250. The monoisotopic (exact) mass is 286 g/mol. The van der Waals surface area contributed by atoms with E-state index in [0.717, 1.165) is 11.1 Å². The van der Waals surface area contributed by atoms with Gasteiger partial charge in [0, 0.05) is 17.8 Å². The molecule has 0 spiro atoms. The number of nitro benzene ring substituents is 1. The Balaban J connectivity index is 2.14. The van der Waals surface area contributed by atoms with E-state index in [9.17, 15) is 15.2 Å². The van der Waals surface area contributed by atoms with Crippen molar-refractivity contribution in [3.63, 3.8) is 0 Å². The third-order valence-electron chi connectivity index (χ3n) is 3.34. The number of benzene rings is 2. The number of nitrogens with zero attached hydrogens (tertiary/aromatic N) is 1. The van der Waals surface area contributed by atoms with E-state index in [0.29, 0.717) is 12.1 Å². The predicted octanol–water partition coefficient (Wildman–Crippen LogP) is 2.92. The van der Waals surface area contributed by atoms with Crippen LogP contribution < -0.4 is 5.32 Å². The Morgan fingerprint density at radius 1 is 1.24 bits per heavy atom. The minimum absolute atomic E-state index is 0.0412. The van der Waals surface area contributed by atoms with Crippen molar-refractivity contribution < 1.29 is 10.0 Å². The van der Waals surface area contributed by atoms with Gasteiger partial charge in [-0.1, -0.05) is 36.4 Å². The number of aryl methyl sites for hydroxylation is 1. The Hall–Kier alpha value is -2.40. The highest BCUT2D eigenvalue weighted by Crippen LogP contribution is 2.23. The van der Waals surface area contributed by atoms with Crippen LogP contribution in [-0.4, -0.2) is 22.7 Å². The van der Waals surface area contributed by atoms with E-state index in [1.165, 1.54) is 12.1 Å². The van der Waals surface area contributed by atoms with Gasteiger partial charge >= 0.3 is 0 Å². The second-order valence-corrected chi connectivity index (χ2v) is 4.97. The SMILES string of the molecule is Cc1ccc([N+](=O)[O-])cc1NC(CO)Cc1ccccc1. The van der Waals surface area contributed by atoms with Crippen molar-refractivity contribution in [2.45, 2.75) is 19.4 Å². The van der Waals surface area contributed by atoms with Gasteiger partial charge < -0.3 is 10.4 Å². The maximum Gasteiger partial charge on any atom is 0.271 e. The van der Waals surface area contributed by atoms with E-state index in [1.807, 2.05) is 37.3 Å². The Morgan fingerprint density at radius 2 is 1.95 bits per heavy atom. The number of anilines is 1. The van der Waals surface area contributed by atoms with E-state index in [-0.39, 0.29) is 18.3 Å². The molecule has 0 bridgehead atoms. The minimum atomic E-state index is -0.421. The lowest BCUT2D eigenvalue weighted by atomic mass is 10.1. The van der Waals surface area contributed by atoms with Crippen molar-refractivity contribution in [3.05, 3.63) is 69.8 Å². The van der Waals surface area contributed by atoms with Gasteiger partial charge in [0.2, 0.25) is 0 Å². The van der Waals surface area contributed by atoms with Gasteiger partial charge in [-0.25, -0.2) is 0 Å². The van der Waals surface area contributed by atoms with Crippen LogP contribution in [0.3, 0.4) is 0 Å². The van der Waals surface area contributed by atoms with E-state index >= 15 is 0 Å². The zero-order valence-electron chi connectivity index (χ0n) is 11.8. The number of hydrogen-bond donors (Lipinski definition) is 2. The van der Waals surface area contributed by atoms with Crippen molar-refractivity contribution in [2.75, 3.05) is 11.9 Å². The van der Waals surface area contributed by atoms with Crippen LogP contribution in [-0.2, 0) is 6.42 Å². The maximum atomic E-state index is 10.8. The van der Waals surface area contributed by atoms with E-state index in [4.69, 9.17) is 0 Å². The molecule has 0 aliphatic heterocycles. The largest absolute Gasteiger partial charge is 0.394 e. The average Bonchev–Trinajstić information content (AvgIpc) is 2.49. The van der Waals surface area contributed by atoms with Crippen LogP contribution in [0.2, 0.25) is 0 Å². The molecule has 5 nitrogen and oxygen atoms in total. The molecule has 0 amide bonds. The second kappa shape index (κ2) is 6.85. The molecule has 0 heterocycles. The Labute approximate surface area is 123 Å². The Kier molecular flexibility index (Phi) is 4.90. The van der Waals surface area contributed by atoms with Gasteiger partial charge in [-0.05, 0) is 24.5 Å². The molecule has 1 atom stereocenters. The quantitative estimate of drug-likeness (QED) is 0.632. The smallest absolute Gasteiger partial charge is 0.271 e. The third kappa shape index (κ3) is 4.03. The highest BCUT2D eigenvalue weighted by atomic mass is 16.6. The Morgan fingerprint density at radius 3 is 2.57 bits per heavy atom. The number of non-ortho nitro benzene ring substituents is 1. The molecule has 0 saturated heterocycles. The van der Waals surface area contributed by atoms with Crippen LogP contribution in [0.4, 0.5) is 11.4 Å². The molecule has 21 heavy (non-hydrogen) atoms. The molecule has 0 aliphatic rings. The highest BCUT2D eigenvalue weighted by Gasteiger charge is 2.13. The lowest BCUT2D eigenvalue weighted by Gasteiger charge is -2.19. The fourth-order valence-corrected chi connectivity index (χ4v) is 2.16. The summed E-state index contributed by atoms with van der Waals surface area (Å²) < 4.78 is 0. The number of rotatable bonds is 6. The van der Waals surface area contributed by atoms with Crippen LogP contribution in [0, 0.1) is 17.0 Å². The molecule has 5 heteroatoms. The first kappa shape index (κ1) is 15.0. The van der Waals surface area contributed by atoms with Crippen molar-refractivity contribution in [2.24, 2.45) is 0 Å². The molecule has 2 aromatic carbocycles. The molecular weight excluding hydrogens is 268 g/mol. The molecule has 0 aromatic heterocycles. The summed E-state index contributed by atoms with van der Waals surface area (Å²) in [6.45, 7) is 1.83. The van der Waals surface area contributed by atoms with Crippen molar-refractivity contribution in [1.29, 1.82) is 0 Å². The van der Waals surface area contributed by atoms with Crippen molar-refractivity contribution >= 4 is 11.4 Å². The summed E-state index contributed by atoms with van der Waals surface area (Å²) in [5.74, 6) is 0. The molecule has 110 valence electrons. The third-order valence-corrected chi connectivity index (χ3v) is 3.34. The van der Waals surface area contributed by atoms with Crippen LogP contribution in [0.5, 0.6) is 0 Å². The van der Waals surface area contributed by atoms with Crippen LogP contribution in [0.15, 0.2) is 48.5 Å². The Bertz CT molecular complexity index is 614. The van der Waals surface area contributed by atoms with E-state index in [1.54, 1.807) is 6.07 Å². The molecule has 1 unspecified atom stereocenters. The van der Waals surface area contributed by atoms with Gasteiger partial charge in [0.1, 0.15) is 0 Å². The summed E-state index contributed by atoms with van der Waals surface area (Å²) in [4.78, 5) is 10.4. The summed E-state index contributed by atoms with van der Waals surface area (Å²) in [5.41, 5.74) is 2.73. The normalized spacial score (nSPS) is 11.9. The summed E-state index contributed by atoms with van der Waals surface area (Å²) >= 11 is 0. The first-order valence-electron chi connectivity index (χ1n) is 6.76. The molecule has 2 aromatic rings. The lowest BCUT2D eigenvalue weighted by molar-refractivity contribution is -0.384.